The van der Waals surface area contributed by atoms with E-state index in [0.29, 0.717) is 19.5 Å². The van der Waals surface area contributed by atoms with Crippen molar-refractivity contribution in [3.63, 3.8) is 0 Å². The summed E-state index contributed by atoms with van der Waals surface area (Å²) in [6.45, 7) is 14.8. The Balaban J connectivity index is 1.79. The molecule has 2 aromatic rings. The van der Waals surface area contributed by atoms with Gasteiger partial charge in [0.05, 0.1) is 49.8 Å². The van der Waals surface area contributed by atoms with Gasteiger partial charge >= 0.3 is 5.97 Å². The molecule has 3 amide bonds. The number of phenols is 1. The molecule has 0 saturated carbocycles. The topological polar surface area (TPSA) is 155 Å². The number of likely N-dealkylation sites (tertiary alicyclic amines) is 1. The van der Waals surface area contributed by atoms with E-state index in [1.54, 1.807) is 43.0 Å². The summed E-state index contributed by atoms with van der Waals surface area (Å²) in [5.74, 6) is -2.58. The Morgan fingerprint density at radius 2 is 1.49 bits per heavy atom. The average Bonchev–Trinajstić information content (AvgIpc) is 3.72. The molecule has 13 nitrogen and oxygen atoms in total. The minimum Gasteiger partial charge on any atom is -0.508 e. The third-order valence-electron chi connectivity index (χ3n) is 12.7. The number of Topliss-reactive ketones (excluding diaryl/α,β-unsaturated/α-hetero) is 1. The predicted molar refractivity (Wildman–Crippen MR) is 236 cm³/mol. The first-order chi connectivity index (χ1) is 28.9. The molecule has 1 aliphatic rings. The van der Waals surface area contributed by atoms with Crippen LogP contribution in [0.15, 0.2) is 54.6 Å². The zero-order valence-corrected chi connectivity index (χ0v) is 38.8. The number of carbonyl (C=O) groups excluding carboxylic acids is 5. The molecule has 1 heterocycles. The second-order valence-corrected chi connectivity index (χ2v) is 17.7. The van der Waals surface area contributed by atoms with Gasteiger partial charge in [-0.25, -0.2) is 4.79 Å². The van der Waals surface area contributed by atoms with Gasteiger partial charge in [0.25, 0.3) is 0 Å². The van der Waals surface area contributed by atoms with Gasteiger partial charge in [-0.1, -0.05) is 97.4 Å². The van der Waals surface area contributed by atoms with Crippen molar-refractivity contribution in [2.45, 2.75) is 130 Å². The smallest absolute Gasteiger partial charge is 0.328 e. The van der Waals surface area contributed by atoms with Crippen LogP contribution in [0.4, 0.5) is 0 Å². The number of benzene rings is 2. The monoisotopic (exact) mass is 851 g/mol. The maximum atomic E-state index is 14.6. The molecule has 0 spiro atoms. The number of hydrogen-bond acceptors (Lipinski definition) is 10. The number of ketones is 1. The zero-order chi connectivity index (χ0) is 45.6. The largest absolute Gasteiger partial charge is 0.508 e. The summed E-state index contributed by atoms with van der Waals surface area (Å²) in [7, 11) is 8.05. The van der Waals surface area contributed by atoms with Gasteiger partial charge in [-0.3, -0.25) is 24.1 Å². The maximum absolute atomic E-state index is 14.6. The van der Waals surface area contributed by atoms with Crippen molar-refractivity contribution in [1.82, 2.24) is 20.0 Å². The van der Waals surface area contributed by atoms with Crippen molar-refractivity contribution in [3.05, 3.63) is 65.7 Å². The van der Waals surface area contributed by atoms with Gasteiger partial charge in [0, 0.05) is 53.1 Å². The van der Waals surface area contributed by atoms with Crippen LogP contribution in [0, 0.1) is 29.6 Å². The summed E-state index contributed by atoms with van der Waals surface area (Å²) in [5.41, 5.74) is 1.84. The fourth-order valence-electron chi connectivity index (χ4n) is 9.12. The summed E-state index contributed by atoms with van der Waals surface area (Å²) in [6, 6.07) is 14.1. The Labute approximate surface area is 364 Å². The first-order valence-corrected chi connectivity index (χ1v) is 21.9. The van der Waals surface area contributed by atoms with Crippen molar-refractivity contribution in [2.75, 3.05) is 42.0 Å². The average molecular weight is 851 g/mol. The molecule has 0 unspecified atom stereocenters. The molecule has 2 N–H and O–H groups in total. The summed E-state index contributed by atoms with van der Waals surface area (Å²) >= 11 is 0. The number of nitrogens with zero attached hydrogens (tertiary/aromatic N) is 3. The standard InChI is InChI=1S/C48H74N4O9/c1-13-32(6)44(51(9)47(57)37(30(2)3)27-40(54)43(31(4)5)50(8)29-35-21-23-36(53)24-22-35)41(59-10)28-42(55)52-25-17-20-39(52)45(60-11)33(7)46(56)49-38(48(58)61-12)26-34-18-15-14-16-19-34/h14-16,18-19,21-24,30-33,37-39,41,43-45,53H,13,17,20,25-29H2,1-12H3,(H,49,56)/t32-,33+,37-,38-,39-,41+,43-,44-,45+/m0/s1. The van der Waals surface area contributed by atoms with Crippen molar-refractivity contribution in [3.8, 4) is 5.75 Å². The van der Waals surface area contributed by atoms with Crippen LogP contribution in [0.25, 0.3) is 0 Å². The first kappa shape index (κ1) is 51.0. The van der Waals surface area contributed by atoms with Gasteiger partial charge in [-0.2, -0.15) is 0 Å². The van der Waals surface area contributed by atoms with Gasteiger partial charge in [0.15, 0.2) is 5.78 Å². The van der Waals surface area contributed by atoms with E-state index in [4.69, 9.17) is 14.2 Å². The van der Waals surface area contributed by atoms with E-state index in [9.17, 15) is 29.1 Å². The molecule has 1 saturated heterocycles. The van der Waals surface area contributed by atoms with Crippen LogP contribution >= 0.6 is 0 Å². The highest BCUT2D eigenvalue weighted by Crippen LogP contribution is 2.31. The van der Waals surface area contributed by atoms with E-state index in [1.165, 1.54) is 14.2 Å². The number of likely N-dealkylation sites (N-methyl/N-ethyl adjacent to an activating group) is 2. The Morgan fingerprint density at radius 3 is 2.03 bits per heavy atom. The number of hydrogen-bond donors (Lipinski definition) is 2. The minimum absolute atomic E-state index is 0.000876. The lowest BCUT2D eigenvalue weighted by Gasteiger charge is -2.41. The van der Waals surface area contributed by atoms with Crippen LogP contribution in [0.1, 0.15) is 91.7 Å². The number of methoxy groups -OCH3 is 3. The Kier molecular flexibility index (Phi) is 20.4. The number of phenolic OH excluding ortho intramolecular Hbond substituents is 1. The quantitative estimate of drug-likeness (QED) is 0.122. The first-order valence-electron chi connectivity index (χ1n) is 21.9. The molecule has 0 aliphatic carbocycles. The molecular weight excluding hydrogens is 777 g/mol. The van der Waals surface area contributed by atoms with E-state index in [1.807, 2.05) is 96.0 Å². The highest BCUT2D eigenvalue weighted by atomic mass is 16.5. The van der Waals surface area contributed by atoms with Gasteiger partial charge in [0.1, 0.15) is 11.8 Å². The molecule has 9 atom stereocenters. The molecule has 0 bridgehead atoms. The molecule has 340 valence electrons. The highest BCUT2D eigenvalue weighted by molar-refractivity contribution is 5.90. The summed E-state index contributed by atoms with van der Waals surface area (Å²) in [5, 5.41) is 12.6. The third-order valence-corrected chi connectivity index (χ3v) is 12.7. The molecule has 2 aromatic carbocycles. The number of ether oxygens (including phenoxy) is 3. The fraction of sp³-hybridized carbons (Fsp3) is 0.646. The van der Waals surface area contributed by atoms with Crippen LogP contribution in [-0.2, 0) is 51.1 Å². The molecule has 3 rings (SSSR count). The number of amides is 3. The molecule has 1 fully saturated rings. The van der Waals surface area contributed by atoms with Crippen LogP contribution in [-0.4, -0.2) is 128 Å². The number of nitrogens with one attached hydrogen (secondary N) is 1. The Bertz CT molecular complexity index is 1700. The number of aromatic hydroxyl groups is 1. The Morgan fingerprint density at radius 1 is 0.852 bits per heavy atom. The molecule has 13 heteroatoms. The lowest BCUT2D eigenvalue weighted by molar-refractivity contribution is -0.150. The minimum atomic E-state index is -0.899. The van der Waals surface area contributed by atoms with Crippen LogP contribution in [0.5, 0.6) is 5.75 Å². The summed E-state index contributed by atoms with van der Waals surface area (Å²) in [6.07, 6.45) is 1.10. The van der Waals surface area contributed by atoms with E-state index >= 15 is 0 Å². The second kappa shape index (κ2) is 24.3. The SMILES string of the molecule is CC[C@H](C)[C@@H]([C@@H](CC(=O)N1CCC[C@H]1[C@H](OC)[C@@H](C)C(=O)N[C@@H](Cc1ccccc1)C(=O)OC)OC)N(C)C(=O)[C@@H](CC(=O)[C@H](C(C)C)N(C)Cc1ccc(O)cc1)C(C)C. The summed E-state index contributed by atoms with van der Waals surface area (Å²) in [4.78, 5) is 75.0. The number of rotatable bonds is 24. The predicted octanol–water partition coefficient (Wildman–Crippen LogP) is 5.90. The van der Waals surface area contributed by atoms with Gasteiger partial charge < -0.3 is 34.4 Å². The lowest BCUT2D eigenvalue weighted by atomic mass is 9.83. The van der Waals surface area contributed by atoms with E-state index < -0.39 is 54.2 Å². The maximum Gasteiger partial charge on any atom is 0.328 e. The Hall–Kier alpha value is -4.33. The van der Waals surface area contributed by atoms with Gasteiger partial charge in [-0.05, 0) is 60.9 Å². The van der Waals surface area contributed by atoms with Crippen LogP contribution < -0.4 is 5.32 Å². The fourth-order valence-corrected chi connectivity index (χ4v) is 9.12. The van der Waals surface area contributed by atoms with Gasteiger partial charge in [-0.15, -0.1) is 0 Å². The molecule has 61 heavy (non-hydrogen) atoms. The normalized spacial score (nSPS) is 18.2. The number of esters is 1. The van der Waals surface area contributed by atoms with E-state index in [2.05, 4.69) is 5.32 Å². The summed E-state index contributed by atoms with van der Waals surface area (Å²) < 4.78 is 17.1. The van der Waals surface area contributed by atoms with Crippen molar-refractivity contribution >= 4 is 29.5 Å². The van der Waals surface area contributed by atoms with E-state index in [-0.39, 0.29) is 66.3 Å². The molecule has 0 aromatic heterocycles. The van der Waals surface area contributed by atoms with Crippen molar-refractivity contribution in [2.24, 2.45) is 29.6 Å². The van der Waals surface area contributed by atoms with E-state index in [0.717, 1.165) is 24.0 Å². The van der Waals surface area contributed by atoms with Crippen LogP contribution in [0.3, 0.4) is 0 Å². The van der Waals surface area contributed by atoms with Crippen molar-refractivity contribution in [1.29, 1.82) is 0 Å². The molecular formula is C48H74N4O9. The number of carbonyl (C=O) groups is 5. The lowest BCUT2D eigenvalue weighted by Crippen LogP contribution is -2.55. The molecule has 1 aliphatic heterocycles. The van der Waals surface area contributed by atoms with Gasteiger partial charge in [0.2, 0.25) is 17.7 Å². The second-order valence-electron chi connectivity index (χ2n) is 17.7. The zero-order valence-electron chi connectivity index (χ0n) is 38.8. The highest BCUT2D eigenvalue weighted by Gasteiger charge is 2.43. The van der Waals surface area contributed by atoms with Crippen LogP contribution in [0.2, 0.25) is 0 Å². The molecule has 0 radical (unpaired) electrons. The third kappa shape index (κ3) is 13.8. The van der Waals surface area contributed by atoms with Crippen molar-refractivity contribution < 1.29 is 43.3 Å².